The van der Waals surface area contributed by atoms with E-state index in [0.717, 1.165) is 5.56 Å². The van der Waals surface area contributed by atoms with Crippen LogP contribution in [0.4, 0.5) is 0 Å². The molecule has 1 aliphatic rings. The van der Waals surface area contributed by atoms with E-state index in [1.807, 2.05) is 30.3 Å². The van der Waals surface area contributed by atoms with Gasteiger partial charge >= 0.3 is 11.9 Å². The molecule has 1 heterocycles. The standard InChI is InChI=1S/C20H26O8/c1-4-10-25-20-19(27-14(3)22)18(26-13(2)21)17(23)16(28-20)12-24-11-15-8-6-5-7-9-15/h4-9,16-20,23H,1,10-12H2,2-3H3/t16-,17-,18+,19-,20-/m1/s1. The molecule has 0 amide bonds. The van der Waals surface area contributed by atoms with Gasteiger partial charge in [0.2, 0.25) is 0 Å². The van der Waals surface area contributed by atoms with Crippen LogP contribution in [0.25, 0.3) is 0 Å². The van der Waals surface area contributed by atoms with Gasteiger partial charge in [0.05, 0.1) is 19.8 Å². The zero-order chi connectivity index (χ0) is 20.5. The van der Waals surface area contributed by atoms with Crippen molar-refractivity contribution in [2.45, 2.75) is 51.2 Å². The van der Waals surface area contributed by atoms with Crippen LogP contribution in [0.2, 0.25) is 0 Å². The predicted molar refractivity (Wildman–Crippen MR) is 98.0 cm³/mol. The summed E-state index contributed by atoms with van der Waals surface area (Å²) in [7, 11) is 0. The monoisotopic (exact) mass is 394 g/mol. The molecule has 0 unspecified atom stereocenters. The summed E-state index contributed by atoms with van der Waals surface area (Å²) in [6.07, 6.45) is -3.96. The Bertz CT molecular complexity index is 647. The highest BCUT2D eigenvalue weighted by molar-refractivity contribution is 5.67. The molecule has 0 aliphatic carbocycles. The fraction of sp³-hybridized carbons (Fsp3) is 0.500. The molecular weight excluding hydrogens is 368 g/mol. The number of carbonyl (C=O) groups is 2. The molecular formula is C20H26O8. The number of carbonyl (C=O) groups excluding carboxylic acids is 2. The van der Waals surface area contributed by atoms with E-state index < -0.39 is 42.6 Å². The van der Waals surface area contributed by atoms with Crippen LogP contribution in [0.15, 0.2) is 43.0 Å². The second-order valence-corrected chi connectivity index (χ2v) is 6.30. The Labute approximate surface area is 164 Å². The van der Waals surface area contributed by atoms with Crippen molar-refractivity contribution in [2.24, 2.45) is 0 Å². The number of rotatable bonds is 9. The minimum atomic E-state index is -1.27. The molecule has 0 bridgehead atoms. The van der Waals surface area contributed by atoms with E-state index in [-0.39, 0.29) is 13.2 Å². The quantitative estimate of drug-likeness (QED) is 0.495. The van der Waals surface area contributed by atoms with Gasteiger partial charge in [-0.05, 0) is 5.56 Å². The summed E-state index contributed by atoms with van der Waals surface area (Å²) in [4.78, 5) is 23.0. The molecule has 0 spiro atoms. The predicted octanol–water partition coefficient (Wildman–Crippen LogP) is 1.35. The molecule has 1 fully saturated rings. The first-order valence-corrected chi connectivity index (χ1v) is 8.94. The summed E-state index contributed by atoms with van der Waals surface area (Å²) >= 11 is 0. The lowest BCUT2D eigenvalue weighted by Crippen LogP contribution is -2.61. The largest absolute Gasteiger partial charge is 0.455 e. The van der Waals surface area contributed by atoms with Crippen molar-refractivity contribution in [1.82, 2.24) is 0 Å². The van der Waals surface area contributed by atoms with E-state index in [4.69, 9.17) is 23.7 Å². The first-order valence-electron chi connectivity index (χ1n) is 8.94. The average molecular weight is 394 g/mol. The second kappa shape index (κ2) is 10.9. The number of hydrogen-bond donors (Lipinski definition) is 1. The van der Waals surface area contributed by atoms with Crippen molar-refractivity contribution < 1.29 is 38.4 Å². The van der Waals surface area contributed by atoms with Crippen LogP contribution in [0.5, 0.6) is 0 Å². The van der Waals surface area contributed by atoms with E-state index in [1.165, 1.54) is 19.9 Å². The highest BCUT2D eigenvalue weighted by Gasteiger charge is 2.49. The van der Waals surface area contributed by atoms with Gasteiger partial charge in [-0.2, -0.15) is 0 Å². The number of esters is 2. The van der Waals surface area contributed by atoms with Crippen molar-refractivity contribution in [3.63, 3.8) is 0 Å². The fourth-order valence-electron chi connectivity index (χ4n) is 2.84. The molecule has 0 saturated carbocycles. The summed E-state index contributed by atoms with van der Waals surface area (Å²) < 4.78 is 27.3. The van der Waals surface area contributed by atoms with Gasteiger partial charge in [0.1, 0.15) is 12.2 Å². The summed E-state index contributed by atoms with van der Waals surface area (Å²) in [6.45, 7) is 6.43. The number of hydrogen-bond acceptors (Lipinski definition) is 8. The van der Waals surface area contributed by atoms with Gasteiger partial charge in [-0.15, -0.1) is 6.58 Å². The topological polar surface area (TPSA) is 101 Å². The van der Waals surface area contributed by atoms with Gasteiger partial charge in [-0.3, -0.25) is 9.59 Å². The van der Waals surface area contributed by atoms with Crippen LogP contribution < -0.4 is 0 Å². The van der Waals surface area contributed by atoms with Crippen molar-refractivity contribution in [2.75, 3.05) is 13.2 Å². The van der Waals surface area contributed by atoms with Crippen LogP contribution in [-0.4, -0.2) is 61.0 Å². The van der Waals surface area contributed by atoms with Gasteiger partial charge in [0.25, 0.3) is 0 Å². The number of aliphatic hydroxyl groups is 1. The Morgan fingerprint density at radius 2 is 1.79 bits per heavy atom. The lowest BCUT2D eigenvalue weighted by molar-refractivity contribution is -0.305. The maximum absolute atomic E-state index is 11.5. The molecule has 2 rings (SSSR count). The molecule has 1 saturated heterocycles. The molecule has 1 aromatic carbocycles. The Balaban J connectivity index is 2.10. The van der Waals surface area contributed by atoms with E-state index in [2.05, 4.69) is 6.58 Å². The lowest BCUT2D eigenvalue weighted by atomic mass is 9.98. The molecule has 1 aliphatic heterocycles. The molecule has 5 atom stereocenters. The van der Waals surface area contributed by atoms with Gasteiger partial charge in [-0.1, -0.05) is 36.4 Å². The molecule has 1 aromatic rings. The van der Waals surface area contributed by atoms with Crippen LogP contribution >= 0.6 is 0 Å². The van der Waals surface area contributed by atoms with Crippen LogP contribution in [0.1, 0.15) is 19.4 Å². The van der Waals surface area contributed by atoms with Crippen molar-refractivity contribution in [3.05, 3.63) is 48.6 Å². The molecule has 1 N–H and O–H groups in total. The highest BCUT2D eigenvalue weighted by Crippen LogP contribution is 2.27. The third-order valence-corrected chi connectivity index (χ3v) is 3.99. The van der Waals surface area contributed by atoms with Crippen molar-refractivity contribution in [1.29, 1.82) is 0 Å². The first kappa shape index (κ1) is 22.0. The molecule has 8 nitrogen and oxygen atoms in total. The highest BCUT2D eigenvalue weighted by atomic mass is 16.7. The van der Waals surface area contributed by atoms with Crippen molar-refractivity contribution >= 4 is 11.9 Å². The molecule has 0 aromatic heterocycles. The van der Waals surface area contributed by atoms with Gasteiger partial charge in [0.15, 0.2) is 18.5 Å². The third kappa shape index (κ3) is 6.42. The van der Waals surface area contributed by atoms with E-state index in [1.54, 1.807) is 0 Å². The minimum Gasteiger partial charge on any atom is -0.455 e. The second-order valence-electron chi connectivity index (χ2n) is 6.30. The average Bonchev–Trinajstić information content (AvgIpc) is 2.65. The zero-order valence-corrected chi connectivity index (χ0v) is 16.0. The third-order valence-electron chi connectivity index (χ3n) is 3.99. The van der Waals surface area contributed by atoms with Crippen molar-refractivity contribution in [3.8, 4) is 0 Å². The number of ether oxygens (including phenoxy) is 5. The Kier molecular flexibility index (Phi) is 8.59. The lowest BCUT2D eigenvalue weighted by Gasteiger charge is -2.42. The number of benzene rings is 1. The summed E-state index contributed by atoms with van der Waals surface area (Å²) in [6, 6.07) is 9.51. The molecule has 28 heavy (non-hydrogen) atoms. The summed E-state index contributed by atoms with van der Waals surface area (Å²) in [5, 5.41) is 10.7. The number of aliphatic hydroxyl groups excluding tert-OH is 1. The van der Waals surface area contributed by atoms with E-state index in [9.17, 15) is 14.7 Å². The first-order chi connectivity index (χ1) is 13.4. The maximum Gasteiger partial charge on any atom is 0.303 e. The Hall–Kier alpha value is -2.26. The van der Waals surface area contributed by atoms with Gasteiger partial charge in [0, 0.05) is 13.8 Å². The van der Waals surface area contributed by atoms with Gasteiger partial charge in [-0.25, -0.2) is 0 Å². The molecule has 8 heteroatoms. The zero-order valence-electron chi connectivity index (χ0n) is 16.0. The van der Waals surface area contributed by atoms with E-state index >= 15 is 0 Å². The Morgan fingerprint density at radius 3 is 2.39 bits per heavy atom. The normalized spacial score (nSPS) is 27.0. The summed E-state index contributed by atoms with van der Waals surface area (Å²) in [5.41, 5.74) is 0.960. The van der Waals surface area contributed by atoms with E-state index in [0.29, 0.717) is 6.61 Å². The smallest absolute Gasteiger partial charge is 0.303 e. The Morgan fingerprint density at radius 1 is 1.14 bits per heavy atom. The maximum atomic E-state index is 11.5. The van der Waals surface area contributed by atoms with Gasteiger partial charge < -0.3 is 28.8 Å². The van der Waals surface area contributed by atoms with Crippen LogP contribution in [-0.2, 0) is 39.9 Å². The molecule has 0 radical (unpaired) electrons. The fourth-order valence-corrected chi connectivity index (χ4v) is 2.84. The van der Waals surface area contributed by atoms with Crippen LogP contribution in [0, 0.1) is 0 Å². The molecule has 154 valence electrons. The minimum absolute atomic E-state index is 0.0224. The summed E-state index contributed by atoms with van der Waals surface area (Å²) in [5.74, 6) is -1.25. The SMILES string of the molecule is C=CCO[C@@H]1O[C@H](COCc2ccccc2)[C@@H](O)[C@H](OC(C)=O)[C@H]1OC(C)=O. The van der Waals surface area contributed by atoms with Crippen LogP contribution in [0.3, 0.4) is 0 Å².